The van der Waals surface area contributed by atoms with Crippen LogP contribution in [0.4, 0.5) is 10.5 Å². The summed E-state index contributed by atoms with van der Waals surface area (Å²) in [5.74, 6) is -0.986. The third-order valence-corrected chi connectivity index (χ3v) is 3.81. The second-order valence-electron chi connectivity index (χ2n) is 5.11. The standard InChI is InChI=1S/C14H15NO5/c16-12(17)10-1-3-11(4-2-10)15-7-5-14(20-13(15)18)6-8-19-9-14/h1-4H,5-9H2,(H,16,17). The maximum absolute atomic E-state index is 12.1. The zero-order valence-corrected chi connectivity index (χ0v) is 10.9. The summed E-state index contributed by atoms with van der Waals surface area (Å²) in [6.07, 6.45) is 1.06. The second-order valence-corrected chi connectivity index (χ2v) is 5.11. The number of hydrogen-bond acceptors (Lipinski definition) is 4. The normalized spacial score (nSPS) is 25.8. The van der Waals surface area contributed by atoms with Crippen molar-refractivity contribution in [3.63, 3.8) is 0 Å². The number of hydrogen-bond donors (Lipinski definition) is 1. The van der Waals surface area contributed by atoms with Crippen molar-refractivity contribution in [1.82, 2.24) is 0 Å². The van der Waals surface area contributed by atoms with Crippen molar-refractivity contribution in [3.05, 3.63) is 29.8 Å². The molecule has 0 aliphatic carbocycles. The van der Waals surface area contributed by atoms with Crippen molar-refractivity contribution >= 4 is 17.7 Å². The highest BCUT2D eigenvalue weighted by Gasteiger charge is 2.44. The van der Waals surface area contributed by atoms with E-state index in [9.17, 15) is 9.59 Å². The third kappa shape index (κ3) is 2.22. The Bertz CT molecular complexity index is 533. The molecule has 0 aromatic heterocycles. The van der Waals surface area contributed by atoms with Gasteiger partial charge in [0.15, 0.2) is 0 Å². The largest absolute Gasteiger partial charge is 0.478 e. The molecule has 1 aromatic carbocycles. The van der Waals surface area contributed by atoms with Crippen LogP contribution < -0.4 is 4.90 Å². The van der Waals surface area contributed by atoms with Gasteiger partial charge in [-0.3, -0.25) is 4.90 Å². The minimum atomic E-state index is -0.986. The van der Waals surface area contributed by atoms with Crippen LogP contribution in [0.25, 0.3) is 0 Å². The predicted octanol–water partition coefficient (Wildman–Crippen LogP) is 1.89. The molecule has 0 radical (unpaired) electrons. The molecule has 1 atom stereocenters. The molecule has 1 amide bonds. The number of aromatic carboxylic acids is 1. The van der Waals surface area contributed by atoms with E-state index in [4.69, 9.17) is 14.6 Å². The molecule has 2 aliphatic rings. The molecule has 2 aliphatic heterocycles. The van der Waals surface area contributed by atoms with Crippen molar-refractivity contribution in [2.45, 2.75) is 18.4 Å². The van der Waals surface area contributed by atoms with Crippen molar-refractivity contribution < 1.29 is 24.2 Å². The van der Waals surface area contributed by atoms with E-state index in [2.05, 4.69) is 0 Å². The molecular weight excluding hydrogens is 262 g/mol. The molecule has 0 bridgehead atoms. The Morgan fingerprint density at radius 3 is 2.55 bits per heavy atom. The third-order valence-electron chi connectivity index (χ3n) is 3.81. The van der Waals surface area contributed by atoms with Gasteiger partial charge in [0.25, 0.3) is 0 Å². The maximum Gasteiger partial charge on any atom is 0.414 e. The molecule has 0 saturated carbocycles. The van der Waals surface area contributed by atoms with Gasteiger partial charge in [0.2, 0.25) is 0 Å². The van der Waals surface area contributed by atoms with E-state index in [1.807, 2.05) is 0 Å². The average molecular weight is 277 g/mol. The van der Waals surface area contributed by atoms with Gasteiger partial charge in [0, 0.05) is 25.1 Å². The summed E-state index contributed by atoms with van der Waals surface area (Å²) >= 11 is 0. The number of nitrogens with zero attached hydrogens (tertiary/aromatic N) is 1. The van der Waals surface area contributed by atoms with Crippen molar-refractivity contribution in [1.29, 1.82) is 0 Å². The van der Waals surface area contributed by atoms with Crippen LogP contribution in [0.2, 0.25) is 0 Å². The summed E-state index contributed by atoms with van der Waals surface area (Å²) in [6, 6.07) is 6.20. The number of carboxylic acids is 1. The van der Waals surface area contributed by atoms with Gasteiger partial charge in [-0.15, -0.1) is 0 Å². The van der Waals surface area contributed by atoms with Crippen LogP contribution >= 0.6 is 0 Å². The average Bonchev–Trinajstić information content (AvgIpc) is 2.87. The highest BCUT2D eigenvalue weighted by molar-refractivity contribution is 5.91. The van der Waals surface area contributed by atoms with Crippen LogP contribution in [0.1, 0.15) is 23.2 Å². The quantitative estimate of drug-likeness (QED) is 0.893. The molecular formula is C14H15NO5. The van der Waals surface area contributed by atoms with Gasteiger partial charge >= 0.3 is 12.1 Å². The smallest absolute Gasteiger partial charge is 0.414 e. The molecule has 2 heterocycles. The molecule has 1 N–H and O–H groups in total. The van der Waals surface area contributed by atoms with Gasteiger partial charge in [0.05, 0.1) is 18.8 Å². The van der Waals surface area contributed by atoms with E-state index < -0.39 is 17.7 Å². The lowest BCUT2D eigenvalue weighted by Gasteiger charge is -2.37. The highest BCUT2D eigenvalue weighted by Crippen LogP contribution is 2.33. The van der Waals surface area contributed by atoms with Gasteiger partial charge in [-0.05, 0) is 24.3 Å². The zero-order valence-electron chi connectivity index (χ0n) is 10.9. The fourth-order valence-corrected chi connectivity index (χ4v) is 2.58. The van der Waals surface area contributed by atoms with Crippen molar-refractivity contribution in [3.8, 4) is 0 Å². The van der Waals surface area contributed by atoms with Gasteiger partial charge in [-0.25, -0.2) is 9.59 Å². The molecule has 3 rings (SSSR count). The highest BCUT2D eigenvalue weighted by atomic mass is 16.6. The Kier molecular flexibility index (Phi) is 3.10. The Labute approximate surface area is 115 Å². The van der Waals surface area contributed by atoms with E-state index in [1.54, 1.807) is 12.1 Å². The molecule has 6 heteroatoms. The van der Waals surface area contributed by atoms with E-state index in [0.717, 1.165) is 12.8 Å². The SMILES string of the molecule is O=C(O)c1ccc(N2CCC3(CCOC3)OC2=O)cc1. The summed E-state index contributed by atoms with van der Waals surface area (Å²) in [5.41, 5.74) is 0.378. The molecule has 1 aromatic rings. The summed E-state index contributed by atoms with van der Waals surface area (Å²) in [7, 11) is 0. The fraction of sp³-hybridized carbons (Fsp3) is 0.429. The molecule has 1 spiro atoms. The number of carbonyl (C=O) groups excluding carboxylic acids is 1. The summed E-state index contributed by atoms with van der Waals surface area (Å²) < 4.78 is 10.8. The van der Waals surface area contributed by atoms with Gasteiger partial charge in [-0.1, -0.05) is 0 Å². The van der Waals surface area contributed by atoms with Crippen LogP contribution in [0.3, 0.4) is 0 Å². The van der Waals surface area contributed by atoms with Crippen molar-refractivity contribution in [2.75, 3.05) is 24.7 Å². The number of anilines is 1. The lowest BCUT2D eigenvalue weighted by molar-refractivity contribution is -0.0111. The van der Waals surface area contributed by atoms with E-state index >= 15 is 0 Å². The number of ether oxygens (including phenoxy) is 2. The summed E-state index contributed by atoms with van der Waals surface area (Å²) in [4.78, 5) is 24.4. The van der Waals surface area contributed by atoms with Gasteiger partial charge in [-0.2, -0.15) is 0 Å². The van der Waals surface area contributed by atoms with Crippen molar-refractivity contribution in [2.24, 2.45) is 0 Å². The van der Waals surface area contributed by atoms with Crippen LogP contribution in [-0.4, -0.2) is 42.5 Å². The maximum atomic E-state index is 12.1. The van der Waals surface area contributed by atoms with Crippen LogP contribution in [-0.2, 0) is 9.47 Å². The van der Waals surface area contributed by atoms with Gasteiger partial charge in [0.1, 0.15) is 5.60 Å². The first kappa shape index (κ1) is 12.9. The first-order chi connectivity index (χ1) is 9.60. The van der Waals surface area contributed by atoms with E-state index in [-0.39, 0.29) is 5.56 Å². The molecule has 2 saturated heterocycles. The molecule has 106 valence electrons. The summed E-state index contributed by atoms with van der Waals surface area (Å²) in [5, 5.41) is 8.86. The lowest BCUT2D eigenvalue weighted by Crippen LogP contribution is -2.50. The first-order valence-corrected chi connectivity index (χ1v) is 6.51. The Morgan fingerprint density at radius 2 is 2.00 bits per heavy atom. The number of carboxylic acid groups (broad SMARTS) is 1. The molecule has 2 fully saturated rings. The Hall–Kier alpha value is -2.08. The fourth-order valence-electron chi connectivity index (χ4n) is 2.58. The lowest BCUT2D eigenvalue weighted by atomic mass is 9.97. The second kappa shape index (κ2) is 4.79. The molecule has 6 nitrogen and oxygen atoms in total. The number of rotatable bonds is 2. The number of carbonyl (C=O) groups is 2. The van der Waals surface area contributed by atoms with Crippen LogP contribution in [0.5, 0.6) is 0 Å². The van der Waals surface area contributed by atoms with Gasteiger partial charge < -0.3 is 14.6 Å². The van der Waals surface area contributed by atoms with E-state index in [0.29, 0.717) is 25.4 Å². The number of benzene rings is 1. The predicted molar refractivity (Wildman–Crippen MR) is 70.0 cm³/mol. The first-order valence-electron chi connectivity index (χ1n) is 6.51. The zero-order chi connectivity index (χ0) is 14.2. The summed E-state index contributed by atoms with van der Waals surface area (Å²) in [6.45, 7) is 1.64. The molecule has 1 unspecified atom stereocenters. The monoisotopic (exact) mass is 277 g/mol. The van der Waals surface area contributed by atoms with E-state index in [1.165, 1.54) is 17.0 Å². The Balaban J connectivity index is 1.75. The van der Waals surface area contributed by atoms with Crippen LogP contribution in [0.15, 0.2) is 24.3 Å². The minimum Gasteiger partial charge on any atom is -0.478 e. The Morgan fingerprint density at radius 1 is 1.25 bits per heavy atom. The topological polar surface area (TPSA) is 76.1 Å². The van der Waals surface area contributed by atoms with Crippen LogP contribution in [0, 0.1) is 0 Å². The minimum absolute atomic E-state index is 0.194. The number of amides is 1. The molecule has 20 heavy (non-hydrogen) atoms.